The van der Waals surface area contributed by atoms with Gasteiger partial charge in [0, 0.05) is 26.6 Å². The standard InChI is InChI=1S/C36H34FN3O5S2/c1-3-45-36(44)32-27-17-16-22(2)18-30(27)47-35(32)40-31(41)21-46-26-14-9-13-25(20-26)38-34(43)29(19-24-12-7-8-15-28(24)37)39-33(42)23-10-5-4-6-11-23/h4-15,19-20,22H,3,16-18,21H2,1-2H3,(H,38,43)(H,39,42)(H,40,41)/b29-19-. The molecule has 242 valence electrons. The normalized spacial score (nSPS) is 14.1. The Labute approximate surface area is 280 Å². The first-order valence-electron chi connectivity index (χ1n) is 15.2. The Balaban J connectivity index is 1.27. The van der Waals surface area contributed by atoms with Crippen LogP contribution >= 0.6 is 23.1 Å². The van der Waals surface area contributed by atoms with Crippen molar-refractivity contribution < 1.29 is 28.3 Å². The topological polar surface area (TPSA) is 114 Å². The first-order chi connectivity index (χ1) is 22.7. The highest BCUT2D eigenvalue weighted by Crippen LogP contribution is 2.40. The number of thiophene rings is 1. The van der Waals surface area contributed by atoms with Crippen molar-refractivity contribution in [2.45, 2.75) is 38.0 Å². The van der Waals surface area contributed by atoms with Crippen LogP contribution in [0.2, 0.25) is 0 Å². The summed E-state index contributed by atoms with van der Waals surface area (Å²) >= 11 is 2.70. The molecular weight excluding hydrogens is 638 g/mol. The van der Waals surface area contributed by atoms with Crippen molar-refractivity contribution >= 4 is 63.6 Å². The molecule has 0 saturated heterocycles. The first-order valence-corrected chi connectivity index (χ1v) is 17.0. The molecule has 1 atom stereocenters. The highest BCUT2D eigenvalue weighted by atomic mass is 32.2. The Hall–Kier alpha value is -4.74. The molecule has 1 aliphatic rings. The van der Waals surface area contributed by atoms with E-state index in [0.29, 0.717) is 32.6 Å². The number of anilines is 2. The monoisotopic (exact) mass is 671 g/mol. The van der Waals surface area contributed by atoms with Crippen LogP contribution in [0.4, 0.5) is 15.1 Å². The van der Waals surface area contributed by atoms with E-state index < -0.39 is 23.6 Å². The Kier molecular flexibility index (Phi) is 11.2. The molecule has 47 heavy (non-hydrogen) atoms. The number of halogens is 1. The molecule has 3 amide bonds. The fourth-order valence-electron chi connectivity index (χ4n) is 5.12. The number of hydrogen-bond acceptors (Lipinski definition) is 7. The number of benzene rings is 3. The number of fused-ring (bicyclic) bond motifs is 1. The average Bonchev–Trinajstić information content (AvgIpc) is 3.41. The van der Waals surface area contributed by atoms with E-state index in [9.17, 15) is 23.6 Å². The highest BCUT2D eigenvalue weighted by molar-refractivity contribution is 8.00. The molecule has 1 aliphatic carbocycles. The van der Waals surface area contributed by atoms with Gasteiger partial charge in [-0.25, -0.2) is 9.18 Å². The summed E-state index contributed by atoms with van der Waals surface area (Å²) in [5.41, 5.74) is 2.17. The zero-order valence-corrected chi connectivity index (χ0v) is 27.6. The van der Waals surface area contributed by atoms with E-state index in [-0.39, 0.29) is 29.5 Å². The number of nitrogens with one attached hydrogen (secondary N) is 3. The fourth-order valence-corrected chi connectivity index (χ4v) is 7.29. The fraction of sp³-hybridized carbons (Fsp3) is 0.222. The quantitative estimate of drug-likeness (QED) is 0.0875. The third kappa shape index (κ3) is 8.75. The SMILES string of the molecule is CCOC(=O)c1c(NC(=O)CSc2cccc(NC(=O)/C(=C/c3ccccc3F)NC(=O)c3ccccc3)c2)sc2c1CCC(C)C2. The summed E-state index contributed by atoms with van der Waals surface area (Å²) in [6, 6.07) is 21.2. The summed E-state index contributed by atoms with van der Waals surface area (Å²) in [6.45, 7) is 4.18. The third-order valence-corrected chi connectivity index (χ3v) is 9.60. The largest absolute Gasteiger partial charge is 0.462 e. The molecule has 0 fully saturated rings. The van der Waals surface area contributed by atoms with E-state index in [2.05, 4.69) is 22.9 Å². The number of ether oxygens (including phenoxy) is 1. The van der Waals surface area contributed by atoms with E-state index in [1.165, 1.54) is 47.4 Å². The zero-order chi connectivity index (χ0) is 33.3. The van der Waals surface area contributed by atoms with E-state index in [4.69, 9.17) is 4.74 Å². The average molecular weight is 672 g/mol. The molecule has 1 heterocycles. The maximum absolute atomic E-state index is 14.5. The van der Waals surface area contributed by atoms with Crippen molar-refractivity contribution in [3.05, 3.63) is 118 Å². The number of esters is 1. The van der Waals surface area contributed by atoms with Crippen LogP contribution in [-0.4, -0.2) is 36.1 Å². The van der Waals surface area contributed by atoms with Crippen molar-refractivity contribution in [3.8, 4) is 0 Å². The van der Waals surface area contributed by atoms with Crippen LogP contribution in [0.3, 0.4) is 0 Å². The Bertz CT molecular complexity index is 1820. The maximum Gasteiger partial charge on any atom is 0.341 e. The minimum Gasteiger partial charge on any atom is -0.462 e. The van der Waals surface area contributed by atoms with Crippen molar-refractivity contribution in [3.63, 3.8) is 0 Å². The van der Waals surface area contributed by atoms with Crippen molar-refractivity contribution in [1.29, 1.82) is 0 Å². The molecule has 1 unspecified atom stereocenters. The Morgan fingerprint density at radius 1 is 1.00 bits per heavy atom. The molecule has 0 spiro atoms. The summed E-state index contributed by atoms with van der Waals surface area (Å²) in [5.74, 6) is -1.85. The van der Waals surface area contributed by atoms with E-state index >= 15 is 0 Å². The lowest BCUT2D eigenvalue weighted by Crippen LogP contribution is -2.30. The van der Waals surface area contributed by atoms with Crippen LogP contribution in [0.5, 0.6) is 0 Å². The molecule has 4 aromatic rings. The zero-order valence-electron chi connectivity index (χ0n) is 25.9. The molecular formula is C36H34FN3O5S2. The molecule has 8 nitrogen and oxygen atoms in total. The lowest BCUT2D eigenvalue weighted by Gasteiger charge is -2.18. The van der Waals surface area contributed by atoms with Gasteiger partial charge in [-0.2, -0.15) is 0 Å². The van der Waals surface area contributed by atoms with Gasteiger partial charge in [0.2, 0.25) is 5.91 Å². The second kappa shape index (κ2) is 15.7. The van der Waals surface area contributed by atoms with Crippen LogP contribution in [0.15, 0.2) is 89.5 Å². The van der Waals surface area contributed by atoms with Crippen LogP contribution in [0.25, 0.3) is 6.08 Å². The van der Waals surface area contributed by atoms with Crippen LogP contribution in [0, 0.1) is 11.7 Å². The minimum atomic E-state index is -0.653. The van der Waals surface area contributed by atoms with Gasteiger partial charge in [-0.05, 0) is 80.1 Å². The van der Waals surface area contributed by atoms with Gasteiger partial charge in [-0.3, -0.25) is 14.4 Å². The molecule has 11 heteroatoms. The van der Waals surface area contributed by atoms with Gasteiger partial charge in [0.05, 0.1) is 17.9 Å². The predicted molar refractivity (Wildman–Crippen MR) is 184 cm³/mol. The van der Waals surface area contributed by atoms with Gasteiger partial charge in [-0.15, -0.1) is 23.1 Å². The molecule has 0 radical (unpaired) electrons. The molecule has 0 saturated carbocycles. The van der Waals surface area contributed by atoms with Crippen molar-refractivity contribution in [2.75, 3.05) is 23.0 Å². The second-order valence-corrected chi connectivity index (χ2v) is 13.1. The second-order valence-electron chi connectivity index (χ2n) is 11.0. The summed E-state index contributed by atoms with van der Waals surface area (Å²) < 4.78 is 19.8. The number of amides is 3. The molecule has 1 aromatic heterocycles. The summed E-state index contributed by atoms with van der Waals surface area (Å²) in [6.07, 6.45) is 3.90. The van der Waals surface area contributed by atoms with Crippen molar-refractivity contribution in [2.24, 2.45) is 5.92 Å². The van der Waals surface area contributed by atoms with E-state index in [1.807, 2.05) is 0 Å². The smallest absolute Gasteiger partial charge is 0.341 e. The molecule has 5 rings (SSSR count). The molecule has 3 N–H and O–H groups in total. The number of rotatable bonds is 11. The van der Waals surface area contributed by atoms with Crippen LogP contribution in [0.1, 0.15) is 57.0 Å². The van der Waals surface area contributed by atoms with E-state index in [1.54, 1.807) is 67.6 Å². The Morgan fingerprint density at radius 2 is 1.77 bits per heavy atom. The Morgan fingerprint density at radius 3 is 2.53 bits per heavy atom. The molecule has 3 aromatic carbocycles. The number of carbonyl (C=O) groups is 4. The summed E-state index contributed by atoms with van der Waals surface area (Å²) in [5, 5.41) is 8.80. The van der Waals surface area contributed by atoms with Gasteiger partial charge >= 0.3 is 5.97 Å². The van der Waals surface area contributed by atoms with Crippen LogP contribution in [-0.2, 0) is 27.2 Å². The van der Waals surface area contributed by atoms with E-state index in [0.717, 1.165) is 29.7 Å². The van der Waals surface area contributed by atoms with Gasteiger partial charge in [-0.1, -0.05) is 49.4 Å². The minimum absolute atomic E-state index is 0.0597. The van der Waals surface area contributed by atoms with Gasteiger partial charge in [0.25, 0.3) is 11.8 Å². The summed E-state index contributed by atoms with van der Waals surface area (Å²) in [4.78, 5) is 54.0. The lowest BCUT2D eigenvalue weighted by molar-refractivity contribution is -0.114. The molecule has 0 bridgehead atoms. The lowest BCUT2D eigenvalue weighted by atomic mass is 9.88. The number of hydrogen-bond donors (Lipinski definition) is 3. The van der Waals surface area contributed by atoms with Gasteiger partial charge in [0.15, 0.2) is 0 Å². The predicted octanol–water partition coefficient (Wildman–Crippen LogP) is 7.33. The van der Waals surface area contributed by atoms with Gasteiger partial charge < -0.3 is 20.7 Å². The number of thioether (sulfide) groups is 1. The highest BCUT2D eigenvalue weighted by Gasteiger charge is 2.29. The van der Waals surface area contributed by atoms with Crippen molar-refractivity contribution in [1.82, 2.24) is 5.32 Å². The van der Waals surface area contributed by atoms with Gasteiger partial charge in [0.1, 0.15) is 16.5 Å². The molecule has 0 aliphatic heterocycles. The third-order valence-electron chi connectivity index (χ3n) is 7.44. The maximum atomic E-state index is 14.5. The number of carbonyl (C=O) groups excluding carboxylic acids is 4. The van der Waals surface area contributed by atoms with Crippen LogP contribution < -0.4 is 16.0 Å². The summed E-state index contributed by atoms with van der Waals surface area (Å²) in [7, 11) is 0. The first kappa shape index (κ1) is 33.6.